The van der Waals surface area contributed by atoms with Crippen molar-refractivity contribution in [3.63, 3.8) is 0 Å². The monoisotopic (exact) mass is 563 g/mol. The standard InChI is InChI=1S/C25H21ClF3N5O5/c26-19-8-5-15(12-18(19)25(27,28)29)32-24(37)31-14-3-6-16(7-4-14)39-17-9-10-30-20(13-17)22(35)33-34-23(36)21-2-1-11-38-21/h3-10,12-13,21H,1-2,11H2,(H,33,35)(H,34,36)(H2,31,32,37). The Bertz CT molecular complexity index is 1360. The molecule has 1 atom stereocenters. The number of nitrogens with zero attached hydrogens (tertiary/aromatic N) is 1. The lowest BCUT2D eigenvalue weighted by Gasteiger charge is -2.13. The van der Waals surface area contributed by atoms with Crippen LogP contribution in [-0.4, -0.2) is 35.5 Å². The van der Waals surface area contributed by atoms with Crippen molar-refractivity contribution < 1.29 is 37.0 Å². The first-order valence-electron chi connectivity index (χ1n) is 11.5. The zero-order valence-electron chi connectivity index (χ0n) is 20.0. The van der Waals surface area contributed by atoms with E-state index in [-0.39, 0.29) is 17.1 Å². The first-order valence-corrected chi connectivity index (χ1v) is 11.9. The maximum absolute atomic E-state index is 13.0. The number of ether oxygens (including phenoxy) is 2. The van der Waals surface area contributed by atoms with Crippen molar-refractivity contribution in [2.75, 3.05) is 17.2 Å². The third-order valence-corrected chi connectivity index (χ3v) is 5.69. The molecule has 4 rings (SSSR count). The summed E-state index contributed by atoms with van der Waals surface area (Å²) in [4.78, 5) is 40.5. The van der Waals surface area contributed by atoms with Crippen LogP contribution in [0.15, 0.2) is 60.8 Å². The van der Waals surface area contributed by atoms with Crippen LogP contribution in [0.3, 0.4) is 0 Å². The number of hydrazine groups is 1. The number of nitrogens with one attached hydrogen (secondary N) is 4. The lowest BCUT2D eigenvalue weighted by molar-refractivity contribution is -0.137. The van der Waals surface area contributed by atoms with Crippen molar-refractivity contribution in [2.45, 2.75) is 25.1 Å². The Labute approximate surface area is 224 Å². The van der Waals surface area contributed by atoms with Gasteiger partial charge in [-0.1, -0.05) is 11.6 Å². The predicted molar refractivity (Wildman–Crippen MR) is 134 cm³/mol. The molecule has 10 nitrogen and oxygen atoms in total. The van der Waals surface area contributed by atoms with E-state index in [2.05, 4.69) is 26.5 Å². The molecule has 0 radical (unpaired) electrons. The van der Waals surface area contributed by atoms with E-state index in [0.717, 1.165) is 18.6 Å². The van der Waals surface area contributed by atoms with Crippen molar-refractivity contribution >= 4 is 40.8 Å². The quantitative estimate of drug-likeness (QED) is 0.308. The Balaban J connectivity index is 1.30. The largest absolute Gasteiger partial charge is 0.457 e. The number of aromatic nitrogens is 1. The molecule has 0 bridgehead atoms. The molecular formula is C25H21ClF3N5O5. The van der Waals surface area contributed by atoms with Gasteiger partial charge >= 0.3 is 12.2 Å². The number of urea groups is 1. The fourth-order valence-electron chi connectivity index (χ4n) is 3.50. The van der Waals surface area contributed by atoms with Crippen LogP contribution in [0.1, 0.15) is 28.9 Å². The number of alkyl halides is 3. The van der Waals surface area contributed by atoms with Crippen molar-refractivity contribution in [2.24, 2.45) is 0 Å². The number of pyridine rings is 1. The highest BCUT2D eigenvalue weighted by Crippen LogP contribution is 2.36. The van der Waals surface area contributed by atoms with Gasteiger partial charge in [-0.15, -0.1) is 0 Å². The molecule has 204 valence electrons. The predicted octanol–water partition coefficient (Wildman–Crippen LogP) is 5.13. The van der Waals surface area contributed by atoms with Gasteiger partial charge in [0.2, 0.25) is 0 Å². The van der Waals surface area contributed by atoms with Crippen molar-refractivity contribution in [1.82, 2.24) is 15.8 Å². The molecule has 4 N–H and O–H groups in total. The summed E-state index contributed by atoms with van der Waals surface area (Å²) >= 11 is 5.59. The SMILES string of the molecule is O=C(Nc1ccc(Oc2ccnc(C(=O)NNC(=O)C3CCCO3)c2)cc1)Nc1ccc(Cl)c(C(F)(F)F)c1. The second-order valence-corrected chi connectivity index (χ2v) is 8.63. The number of amides is 4. The fraction of sp³-hybridized carbons (Fsp3) is 0.200. The Kier molecular flexibility index (Phi) is 8.52. The van der Waals surface area contributed by atoms with Crippen LogP contribution in [0.25, 0.3) is 0 Å². The molecule has 1 fully saturated rings. The normalized spacial score (nSPS) is 14.8. The van der Waals surface area contributed by atoms with E-state index >= 15 is 0 Å². The molecule has 1 aliphatic heterocycles. The summed E-state index contributed by atoms with van der Waals surface area (Å²) in [6.07, 6.45) is -2.56. The number of carbonyl (C=O) groups is 3. The van der Waals surface area contributed by atoms with Gasteiger partial charge in [0.05, 0.1) is 10.6 Å². The van der Waals surface area contributed by atoms with E-state index in [1.807, 2.05) is 0 Å². The smallest absolute Gasteiger partial charge is 0.417 e. The third-order valence-electron chi connectivity index (χ3n) is 5.36. The van der Waals surface area contributed by atoms with Crippen LogP contribution in [0.4, 0.5) is 29.3 Å². The van der Waals surface area contributed by atoms with Crippen molar-refractivity contribution in [3.05, 3.63) is 77.1 Å². The van der Waals surface area contributed by atoms with Crippen molar-refractivity contribution in [3.8, 4) is 11.5 Å². The van der Waals surface area contributed by atoms with Gasteiger partial charge in [-0.3, -0.25) is 25.4 Å². The molecule has 2 aromatic carbocycles. The summed E-state index contributed by atoms with van der Waals surface area (Å²) in [6.45, 7) is 0.493. The van der Waals surface area contributed by atoms with Gasteiger partial charge in [-0.2, -0.15) is 13.2 Å². The molecule has 4 amide bonds. The first-order chi connectivity index (χ1) is 18.6. The van der Waals surface area contributed by atoms with Gasteiger partial charge in [0.15, 0.2) is 0 Å². The number of benzene rings is 2. The van der Waals surface area contributed by atoms with Crippen LogP contribution < -0.4 is 26.2 Å². The first kappa shape index (κ1) is 27.7. The number of hydrogen-bond donors (Lipinski definition) is 4. The van der Waals surface area contributed by atoms with Crippen LogP contribution in [0.5, 0.6) is 11.5 Å². The second kappa shape index (κ2) is 12.0. The molecule has 0 aliphatic carbocycles. The van der Waals surface area contributed by atoms with Crippen LogP contribution >= 0.6 is 11.6 Å². The Morgan fingerprint density at radius 2 is 1.67 bits per heavy atom. The van der Waals surface area contributed by atoms with Gasteiger partial charge in [0, 0.05) is 30.2 Å². The molecule has 3 aromatic rings. The van der Waals surface area contributed by atoms with E-state index < -0.39 is 40.7 Å². The minimum absolute atomic E-state index is 0.00835. The lowest BCUT2D eigenvalue weighted by atomic mass is 10.2. The Morgan fingerprint density at radius 1 is 0.949 bits per heavy atom. The van der Waals surface area contributed by atoms with E-state index in [0.29, 0.717) is 24.5 Å². The van der Waals surface area contributed by atoms with Gasteiger partial charge in [-0.25, -0.2) is 4.79 Å². The molecule has 1 aliphatic rings. The number of halogens is 4. The highest BCUT2D eigenvalue weighted by Gasteiger charge is 2.33. The number of carbonyl (C=O) groups excluding carboxylic acids is 3. The van der Waals surface area contributed by atoms with Crippen LogP contribution in [0.2, 0.25) is 5.02 Å². The maximum atomic E-state index is 13.0. The summed E-state index contributed by atoms with van der Waals surface area (Å²) < 4.78 is 50.0. The second-order valence-electron chi connectivity index (χ2n) is 8.22. The summed E-state index contributed by atoms with van der Waals surface area (Å²) in [5, 5.41) is 4.33. The number of rotatable bonds is 6. The third kappa shape index (κ3) is 7.58. The van der Waals surface area contributed by atoms with Crippen LogP contribution in [0, 0.1) is 0 Å². The van der Waals surface area contributed by atoms with E-state index in [4.69, 9.17) is 21.1 Å². The molecule has 1 unspecified atom stereocenters. The molecule has 0 saturated carbocycles. The molecule has 1 aromatic heterocycles. The zero-order chi connectivity index (χ0) is 28.0. The molecule has 39 heavy (non-hydrogen) atoms. The van der Waals surface area contributed by atoms with Crippen molar-refractivity contribution in [1.29, 1.82) is 0 Å². The van der Waals surface area contributed by atoms with Gasteiger partial charge in [0.1, 0.15) is 23.3 Å². The Morgan fingerprint density at radius 3 is 2.36 bits per heavy atom. The Hall–Kier alpha value is -4.36. The van der Waals surface area contributed by atoms with E-state index in [1.54, 1.807) is 0 Å². The average Bonchev–Trinajstić information content (AvgIpc) is 3.44. The summed E-state index contributed by atoms with van der Waals surface area (Å²) in [7, 11) is 0. The van der Waals surface area contributed by atoms with Crippen LogP contribution in [-0.2, 0) is 15.7 Å². The summed E-state index contributed by atoms with van der Waals surface area (Å²) in [6, 6.07) is 11.2. The summed E-state index contributed by atoms with van der Waals surface area (Å²) in [5.41, 5.74) is 3.75. The molecule has 0 spiro atoms. The average molecular weight is 564 g/mol. The number of hydrogen-bond acceptors (Lipinski definition) is 6. The van der Waals surface area contributed by atoms with E-state index in [1.165, 1.54) is 48.7 Å². The number of anilines is 2. The molecular weight excluding hydrogens is 543 g/mol. The topological polar surface area (TPSA) is 131 Å². The maximum Gasteiger partial charge on any atom is 0.417 e. The van der Waals surface area contributed by atoms with Gasteiger partial charge in [0.25, 0.3) is 11.8 Å². The van der Waals surface area contributed by atoms with Gasteiger partial charge in [-0.05, 0) is 61.4 Å². The highest BCUT2D eigenvalue weighted by atomic mass is 35.5. The zero-order valence-corrected chi connectivity index (χ0v) is 20.7. The lowest BCUT2D eigenvalue weighted by Crippen LogP contribution is -2.46. The molecule has 1 saturated heterocycles. The summed E-state index contributed by atoms with van der Waals surface area (Å²) in [5.74, 6) is -0.463. The molecule has 14 heteroatoms. The minimum Gasteiger partial charge on any atom is -0.457 e. The van der Waals surface area contributed by atoms with Gasteiger partial charge < -0.3 is 20.1 Å². The minimum atomic E-state index is -4.67. The highest BCUT2D eigenvalue weighted by molar-refractivity contribution is 6.31. The molecule has 2 heterocycles. The fourth-order valence-corrected chi connectivity index (χ4v) is 3.73. The van der Waals surface area contributed by atoms with E-state index in [9.17, 15) is 27.6 Å².